The lowest BCUT2D eigenvalue weighted by atomic mass is 10.0. The SMILES string of the molecule is CCCCCCCCCCCCCCCCC(=O)O[C@H](COC(=O)CCCCCCCCCCCCCCC(C)C)COC(=O)CCCCCCCCCCCCC(C)C. The Morgan fingerprint density at radius 3 is 0.817 bits per heavy atom. The van der Waals surface area contributed by atoms with Gasteiger partial charge in [0.15, 0.2) is 6.10 Å². The topological polar surface area (TPSA) is 78.9 Å². The highest BCUT2D eigenvalue weighted by atomic mass is 16.6. The first-order valence-electron chi connectivity index (χ1n) is 26.7. The van der Waals surface area contributed by atoms with Crippen LogP contribution in [0.25, 0.3) is 0 Å². The van der Waals surface area contributed by atoms with E-state index < -0.39 is 6.10 Å². The maximum Gasteiger partial charge on any atom is 0.306 e. The third-order valence-corrected chi connectivity index (χ3v) is 12.2. The Morgan fingerprint density at radius 1 is 0.317 bits per heavy atom. The Bertz CT molecular complexity index is 916. The molecule has 0 saturated heterocycles. The molecule has 0 fully saturated rings. The number of ether oxygens (including phenoxy) is 3. The molecule has 0 aliphatic heterocycles. The second-order valence-electron chi connectivity index (χ2n) is 19.5. The van der Waals surface area contributed by atoms with Gasteiger partial charge in [-0.25, -0.2) is 0 Å². The van der Waals surface area contributed by atoms with Crippen molar-refractivity contribution in [3.63, 3.8) is 0 Å². The average Bonchev–Trinajstić information content (AvgIpc) is 3.22. The number of carbonyl (C=O) groups excluding carboxylic acids is 3. The molecular weight excluding hydrogens is 745 g/mol. The summed E-state index contributed by atoms with van der Waals surface area (Å²) in [5.74, 6) is 0.807. The average molecular weight is 849 g/mol. The second kappa shape index (κ2) is 46.9. The van der Waals surface area contributed by atoms with E-state index >= 15 is 0 Å². The van der Waals surface area contributed by atoms with Gasteiger partial charge in [0.2, 0.25) is 0 Å². The highest BCUT2D eigenvalue weighted by molar-refractivity contribution is 5.71. The molecule has 0 spiro atoms. The van der Waals surface area contributed by atoms with Crippen molar-refractivity contribution < 1.29 is 28.6 Å². The van der Waals surface area contributed by atoms with Gasteiger partial charge >= 0.3 is 17.9 Å². The highest BCUT2D eigenvalue weighted by Crippen LogP contribution is 2.17. The zero-order valence-corrected chi connectivity index (χ0v) is 41.1. The zero-order valence-electron chi connectivity index (χ0n) is 41.1. The molecule has 0 rings (SSSR count). The molecule has 0 radical (unpaired) electrons. The van der Waals surface area contributed by atoms with Crippen LogP contribution in [-0.4, -0.2) is 37.2 Å². The minimum atomic E-state index is -0.762. The van der Waals surface area contributed by atoms with Crippen LogP contribution >= 0.6 is 0 Å². The Labute approximate surface area is 374 Å². The monoisotopic (exact) mass is 849 g/mol. The largest absolute Gasteiger partial charge is 0.462 e. The molecular formula is C54H104O6. The van der Waals surface area contributed by atoms with Crippen LogP contribution in [0.1, 0.15) is 298 Å². The summed E-state index contributed by atoms with van der Waals surface area (Å²) in [4.78, 5) is 38.0. The summed E-state index contributed by atoms with van der Waals surface area (Å²) in [7, 11) is 0. The summed E-state index contributed by atoms with van der Waals surface area (Å²) in [5, 5.41) is 0. The van der Waals surface area contributed by atoms with Gasteiger partial charge < -0.3 is 14.2 Å². The third-order valence-electron chi connectivity index (χ3n) is 12.2. The first-order valence-corrected chi connectivity index (χ1v) is 26.7. The summed E-state index contributed by atoms with van der Waals surface area (Å²) >= 11 is 0. The van der Waals surface area contributed by atoms with Crippen LogP contribution in [0.4, 0.5) is 0 Å². The number of rotatable bonds is 48. The predicted molar refractivity (Wildman–Crippen MR) is 256 cm³/mol. The van der Waals surface area contributed by atoms with E-state index in [-0.39, 0.29) is 31.1 Å². The van der Waals surface area contributed by atoms with Crippen molar-refractivity contribution in [2.45, 2.75) is 304 Å². The van der Waals surface area contributed by atoms with Crippen LogP contribution in [0.5, 0.6) is 0 Å². The van der Waals surface area contributed by atoms with E-state index in [0.717, 1.165) is 69.6 Å². The van der Waals surface area contributed by atoms with E-state index in [1.165, 1.54) is 186 Å². The molecule has 0 aliphatic carbocycles. The maximum atomic E-state index is 12.8. The molecule has 0 bridgehead atoms. The number of carbonyl (C=O) groups is 3. The second-order valence-corrected chi connectivity index (χ2v) is 19.5. The summed E-state index contributed by atoms with van der Waals surface area (Å²) in [5.41, 5.74) is 0. The summed E-state index contributed by atoms with van der Waals surface area (Å²) < 4.78 is 16.8. The van der Waals surface area contributed by atoms with Gasteiger partial charge in [0, 0.05) is 19.3 Å². The van der Waals surface area contributed by atoms with Crippen molar-refractivity contribution in [1.29, 1.82) is 0 Å². The highest BCUT2D eigenvalue weighted by Gasteiger charge is 2.19. The van der Waals surface area contributed by atoms with Gasteiger partial charge in [-0.3, -0.25) is 14.4 Å². The number of hydrogen-bond acceptors (Lipinski definition) is 6. The molecule has 0 unspecified atom stereocenters. The Balaban J connectivity index is 4.31. The lowest BCUT2D eigenvalue weighted by Crippen LogP contribution is -2.30. The molecule has 0 aliphatic rings. The maximum absolute atomic E-state index is 12.8. The van der Waals surface area contributed by atoms with Crippen LogP contribution in [0.15, 0.2) is 0 Å². The fraction of sp³-hybridized carbons (Fsp3) is 0.944. The van der Waals surface area contributed by atoms with Gasteiger partial charge in [-0.15, -0.1) is 0 Å². The number of esters is 3. The molecule has 0 aromatic heterocycles. The van der Waals surface area contributed by atoms with Gasteiger partial charge in [-0.2, -0.15) is 0 Å². The van der Waals surface area contributed by atoms with Gasteiger partial charge in [0.05, 0.1) is 0 Å². The van der Waals surface area contributed by atoms with E-state index in [9.17, 15) is 14.4 Å². The quantitative estimate of drug-likeness (QED) is 0.0345. The van der Waals surface area contributed by atoms with Crippen LogP contribution in [0.2, 0.25) is 0 Å². The molecule has 6 heteroatoms. The molecule has 356 valence electrons. The van der Waals surface area contributed by atoms with Crippen molar-refractivity contribution in [2.24, 2.45) is 11.8 Å². The van der Waals surface area contributed by atoms with Crippen LogP contribution in [0, 0.1) is 11.8 Å². The van der Waals surface area contributed by atoms with Crippen molar-refractivity contribution in [1.82, 2.24) is 0 Å². The van der Waals surface area contributed by atoms with E-state index in [0.29, 0.717) is 19.3 Å². The zero-order chi connectivity index (χ0) is 44.0. The van der Waals surface area contributed by atoms with E-state index in [2.05, 4.69) is 34.6 Å². The molecule has 0 N–H and O–H groups in total. The normalized spacial score (nSPS) is 12.1. The van der Waals surface area contributed by atoms with Gasteiger partial charge in [-0.1, -0.05) is 259 Å². The summed E-state index contributed by atoms with van der Waals surface area (Å²) in [6.07, 6.45) is 48.0. The molecule has 0 saturated carbocycles. The first kappa shape index (κ1) is 58.4. The summed E-state index contributed by atoms with van der Waals surface area (Å²) in [6, 6.07) is 0. The minimum absolute atomic E-state index is 0.0634. The van der Waals surface area contributed by atoms with Crippen molar-refractivity contribution in [2.75, 3.05) is 13.2 Å². The Kier molecular flexibility index (Phi) is 45.7. The standard InChI is InChI=1S/C54H104O6/c1-6-7-8-9-10-11-12-13-14-19-26-31-36-41-46-54(57)60-51(48-59-53(56)45-40-35-30-25-21-20-23-28-33-38-43-50(4)5)47-58-52(55)44-39-34-29-24-18-16-15-17-22-27-32-37-42-49(2)3/h49-51H,6-48H2,1-5H3/t51-/m1/s1. The molecule has 0 aromatic carbocycles. The minimum Gasteiger partial charge on any atom is -0.462 e. The smallest absolute Gasteiger partial charge is 0.306 e. The molecule has 6 nitrogen and oxygen atoms in total. The predicted octanol–water partition coefficient (Wildman–Crippen LogP) is 17.3. The first-order chi connectivity index (χ1) is 29.2. The number of unbranched alkanes of at least 4 members (excludes halogenated alkanes) is 33. The molecule has 0 heterocycles. The number of hydrogen-bond donors (Lipinski definition) is 0. The van der Waals surface area contributed by atoms with Crippen molar-refractivity contribution in [3.8, 4) is 0 Å². The van der Waals surface area contributed by atoms with Crippen LogP contribution < -0.4 is 0 Å². The van der Waals surface area contributed by atoms with E-state index in [4.69, 9.17) is 14.2 Å². The third kappa shape index (κ3) is 47.5. The van der Waals surface area contributed by atoms with E-state index in [1.54, 1.807) is 0 Å². The Hall–Kier alpha value is -1.59. The van der Waals surface area contributed by atoms with Crippen LogP contribution in [-0.2, 0) is 28.6 Å². The molecule has 60 heavy (non-hydrogen) atoms. The van der Waals surface area contributed by atoms with Gasteiger partial charge in [0.1, 0.15) is 13.2 Å². The van der Waals surface area contributed by atoms with Crippen molar-refractivity contribution >= 4 is 17.9 Å². The molecule has 0 amide bonds. The lowest BCUT2D eigenvalue weighted by molar-refractivity contribution is -0.167. The van der Waals surface area contributed by atoms with Crippen molar-refractivity contribution in [3.05, 3.63) is 0 Å². The fourth-order valence-electron chi connectivity index (χ4n) is 8.17. The lowest BCUT2D eigenvalue weighted by Gasteiger charge is -2.18. The van der Waals surface area contributed by atoms with E-state index in [1.807, 2.05) is 0 Å². The van der Waals surface area contributed by atoms with Gasteiger partial charge in [-0.05, 0) is 31.1 Å². The molecule has 0 aromatic rings. The van der Waals surface area contributed by atoms with Gasteiger partial charge in [0.25, 0.3) is 0 Å². The van der Waals surface area contributed by atoms with Crippen LogP contribution in [0.3, 0.4) is 0 Å². The fourth-order valence-corrected chi connectivity index (χ4v) is 8.17. The summed E-state index contributed by atoms with van der Waals surface area (Å²) in [6.45, 7) is 11.4. The Morgan fingerprint density at radius 2 is 0.550 bits per heavy atom. The molecule has 1 atom stereocenters.